The number of amides is 1. The number of rotatable bonds is 13. The molecule has 0 aliphatic carbocycles. The summed E-state index contributed by atoms with van der Waals surface area (Å²) in [7, 11) is -1.43. The summed E-state index contributed by atoms with van der Waals surface area (Å²) < 4.78 is 43.6. The van der Waals surface area contributed by atoms with Gasteiger partial charge in [0.2, 0.25) is 5.91 Å². The van der Waals surface area contributed by atoms with Crippen molar-refractivity contribution in [2.45, 2.75) is 38.6 Å². The lowest BCUT2D eigenvalue weighted by Crippen LogP contribution is -2.30. The Balaban J connectivity index is 1.70. The molecule has 0 bridgehead atoms. The number of ether oxygens (including phenoxy) is 2. The first kappa shape index (κ1) is 28.1. The Bertz CT molecular complexity index is 1340. The number of anilines is 1. The summed E-state index contributed by atoms with van der Waals surface area (Å²) >= 11 is 1.44. The van der Waals surface area contributed by atoms with Gasteiger partial charge in [0.25, 0.3) is 0 Å². The van der Waals surface area contributed by atoms with Gasteiger partial charge in [0.1, 0.15) is 5.01 Å². The first-order valence-corrected chi connectivity index (χ1v) is 13.8. The molecule has 0 aliphatic heterocycles. The minimum absolute atomic E-state index is 0.0177. The molecule has 10 nitrogen and oxygen atoms in total. The second kappa shape index (κ2) is 12.7. The van der Waals surface area contributed by atoms with Crippen LogP contribution in [-0.4, -0.2) is 43.9 Å². The van der Waals surface area contributed by atoms with Crippen LogP contribution in [-0.2, 0) is 27.9 Å². The van der Waals surface area contributed by atoms with Gasteiger partial charge in [-0.25, -0.2) is 4.98 Å². The number of methoxy groups -OCH3 is 2. The number of nitrogens with one attached hydrogen (secondary N) is 2. The first-order chi connectivity index (χ1) is 17.6. The molecule has 3 N–H and O–H groups in total. The SMILES string of the molecule is CCc1csc(C(Cc2ccc(NS(=O)(=O)O)cc2)NC(=O)CCC(=O)c2cccc(OC)c2OC)n1. The van der Waals surface area contributed by atoms with E-state index in [2.05, 4.69) is 10.3 Å². The molecule has 0 saturated carbocycles. The second-order valence-electron chi connectivity index (χ2n) is 8.09. The third-order valence-electron chi connectivity index (χ3n) is 5.49. The Morgan fingerprint density at radius 1 is 1.08 bits per heavy atom. The molecule has 3 aromatic rings. The zero-order chi connectivity index (χ0) is 27.0. The summed E-state index contributed by atoms with van der Waals surface area (Å²) in [6.45, 7) is 1.99. The predicted octanol–water partition coefficient (Wildman–Crippen LogP) is 4.00. The molecule has 0 fully saturated rings. The Labute approximate surface area is 219 Å². The number of carbonyl (C=O) groups is 2. The van der Waals surface area contributed by atoms with Crippen molar-refractivity contribution in [3.05, 3.63) is 69.7 Å². The lowest BCUT2D eigenvalue weighted by Gasteiger charge is -2.17. The van der Waals surface area contributed by atoms with Crippen molar-refractivity contribution in [1.29, 1.82) is 0 Å². The van der Waals surface area contributed by atoms with Gasteiger partial charge in [0.15, 0.2) is 17.3 Å². The molecule has 0 spiro atoms. The summed E-state index contributed by atoms with van der Waals surface area (Å²) in [6.07, 6.45) is 1.10. The van der Waals surface area contributed by atoms with Crippen molar-refractivity contribution < 1.29 is 32.0 Å². The highest BCUT2D eigenvalue weighted by Crippen LogP contribution is 2.31. The van der Waals surface area contributed by atoms with Crippen LogP contribution < -0.4 is 19.5 Å². The van der Waals surface area contributed by atoms with Crippen molar-refractivity contribution >= 4 is 39.0 Å². The summed E-state index contributed by atoms with van der Waals surface area (Å²) in [4.78, 5) is 30.3. The highest BCUT2D eigenvalue weighted by molar-refractivity contribution is 7.87. The Morgan fingerprint density at radius 3 is 2.41 bits per heavy atom. The number of aromatic nitrogens is 1. The topological polar surface area (TPSA) is 144 Å². The molecule has 1 unspecified atom stereocenters. The van der Waals surface area contributed by atoms with E-state index in [1.807, 2.05) is 17.0 Å². The van der Waals surface area contributed by atoms with Crippen molar-refractivity contribution in [1.82, 2.24) is 10.3 Å². The lowest BCUT2D eigenvalue weighted by molar-refractivity contribution is -0.121. The Morgan fingerprint density at radius 2 is 1.81 bits per heavy atom. The van der Waals surface area contributed by atoms with Crippen LogP contribution in [0.3, 0.4) is 0 Å². The molecule has 1 amide bonds. The molecule has 37 heavy (non-hydrogen) atoms. The van der Waals surface area contributed by atoms with E-state index < -0.39 is 16.3 Å². The zero-order valence-corrected chi connectivity index (χ0v) is 22.3. The molecular formula is C25H29N3O7S2. The molecule has 3 rings (SSSR count). The smallest absolute Gasteiger partial charge is 0.357 e. The fraction of sp³-hybridized carbons (Fsp3) is 0.320. The number of para-hydroxylation sites is 1. The third-order valence-corrected chi connectivity index (χ3v) is 6.99. The maximum atomic E-state index is 12.9. The van der Waals surface area contributed by atoms with E-state index in [0.717, 1.165) is 22.7 Å². The van der Waals surface area contributed by atoms with E-state index >= 15 is 0 Å². The van der Waals surface area contributed by atoms with Crippen LogP contribution in [0.25, 0.3) is 0 Å². The average Bonchev–Trinajstić information content (AvgIpc) is 3.36. The molecule has 1 heterocycles. The second-order valence-corrected chi connectivity index (χ2v) is 10.1. The first-order valence-electron chi connectivity index (χ1n) is 11.5. The van der Waals surface area contributed by atoms with Gasteiger partial charge in [-0.3, -0.25) is 18.9 Å². The highest BCUT2D eigenvalue weighted by atomic mass is 32.2. The third kappa shape index (κ3) is 8.00. The summed E-state index contributed by atoms with van der Waals surface area (Å²) in [5.74, 6) is 0.214. The molecule has 0 radical (unpaired) electrons. The maximum absolute atomic E-state index is 12.9. The molecule has 198 valence electrons. The van der Waals surface area contributed by atoms with E-state index in [1.54, 1.807) is 30.3 Å². The number of hydrogen-bond donors (Lipinski definition) is 3. The number of carbonyl (C=O) groups excluding carboxylic acids is 2. The fourth-order valence-corrected chi connectivity index (χ4v) is 5.06. The number of ketones is 1. The summed E-state index contributed by atoms with van der Waals surface area (Å²) in [6, 6.07) is 11.0. The molecule has 2 aromatic carbocycles. The number of hydrogen-bond acceptors (Lipinski definition) is 8. The van der Waals surface area contributed by atoms with E-state index in [9.17, 15) is 18.0 Å². The number of benzene rings is 2. The van der Waals surface area contributed by atoms with Crippen LogP contribution in [0, 0.1) is 0 Å². The molecule has 0 aliphatic rings. The maximum Gasteiger partial charge on any atom is 0.357 e. The quantitative estimate of drug-likeness (QED) is 0.215. The fourth-order valence-electron chi connectivity index (χ4n) is 3.67. The average molecular weight is 548 g/mol. The van der Waals surface area contributed by atoms with E-state index in [1.165, 1.54) is 37.7 Å². The molecule has 1 aromatic heterocycles. The predicted molar refractivity (Wildman–Crippen MR) is 141 cm³/mol. The number of Topliss-reactive ketones (excluding diaryl/α,β-unsaturated/α-hetero) is 1. The largest absolute Gasteiger partial charge is 0.493 e. The van der Waals surface area contributed by atoms with E-state index in [0.29, 0.717) is 23.5 Å². The number of aryl methyl sites for hydroxylation is 1. The summed E-state index contributed by atoms with van der Waals surface area (Å²) in [5.41, 5.74) is 2.28. The van der Waals surface area contributed by atoms with Crippen molar-refractivity contribution in [2.75, 3.05) is 18.9 Å². The Kier molecular flexibility index (Phi) is 9.61. The van der Waals surface area contributed by atoms with Crippen LogP contribution >= 0.6 is 11.3 Å². The van der Waals surface area contributed by atoms with E-state index in [-0.39, 0.29) is 30.2 Å². The van der Waals surface area contributed by atoms with Crippen LogP contribution in [0.1, 0.15) is 52.4 Å². The molecule has 1 atom stereocenters. The molecule has 0 saturated heterocycles. The standard InChI is InChI=1S/C25H29N3O7S2/c1-4-17-15-36-25(26-17)20(14-16-8-10-18(11-9-16)28-37(31,32)33)27-23(30)13-12-21(29)19-6-5-7-22(34-2)24(19)35-3/h5-11,15,20,28H,4,12-14H2,1-3H3,(H,27,30)(H,31,32,33). The van der Waals surface area contributed by atoms with Crippen LogP contribution in [0.2, 0.25) is 0 Å². The Hall–Kier alpha value is -3.48. The van der Waals surface area contributed by atoms with E-state index in [4.69, 9.17) is 14.0 Å². The van der Waals surface area contributed by atoms with Crippen LogP contribution in [0.15, 0.2) is 47.8 Å². The van der Waals surface area contributed by atoms with Gasteiger partial charge in [-0.2, -0.15) is 8.42 Å². The van der Waals surface area contributed by atoms with Gasteiger partial charge in [0, 0.05) is 18.2 Å². The van der Waals surface area contributed by atoms with Gasteiger partial charge < -0.3 is 14.8 Å². The zero-order valence-electron chi connectivity index (χ0n) is 20.7. The van der Waals surface area contributed by atoms with Crippen molar-refractivity contribution in [3.8, 4) is 11.5 Å². The lowest BCUT2D eigenvalue weighted by atomic mass is 10.0. The summed E-state index contributed by atoms with van der Waals surface area (Å²) in [5, 5.41) is 5.64. The number of thiazole rings is 1. The molecular weight excluding hydrogens is 518 g/mol. The van der Waals surface area contributed by atoms with Gasteiger partial charge in [-0.15, -0.1) is 11.3 Å². The van der Waals surface area contributed by atoms with Gasteiger partial charge >= 0.3 is 10.3 Å². The van der Waals surface area contributed by atoms with Crippen molar-refractivity contribution in [2.24, 2.45) is 0 Å². The monoisotopic (exact) mass is 547 g/mol. The normalized spacial score (nSPS) is 12.0. The number of nitrogens with zero attached hydrogens (tertiary/aromatic N) is 1. The van der Waals surface area contributed by atoms with Crippen LogP contribution in [0.4, 0.5) is 5.69 Å². The van der Waals surface area contributed by atoms with Crippen LogP contribution in [0.5, 0.6) is 11.5 Å². The van der Waals surface area contributed by atoms with Gasteiger partial charge in [0.05, 0.1) is 37.2 Å². The van der Waals surface area contributed by atoms with Gasteiger partial charge in [-0.05, 0) is 42.7 Å². The van der Waals surface area contributed by atoms with Crippen molar-refractivity contribution in [3.63, 3.8) is 0 Å². The minimum Gasteiger partial charge on any atom is -0.493 e. The highest BCUT2D eigenvalue weighted by Gasteiger charge is 2.21. The molecule has 12 heteroatoms. The van der Waals surface area contributed by atoms with Gasteiger partial charge in [-0.1, -0.05) is 25.1 Å². The minimum atomic E-state index is -4.37.